The molecule has 4 nitrogen and oxygen atoms in total. The number of hydrogen-bond acceptors (Lipinski definition) is 2. The Balaban J connectivity index is 2.04. The lowest BCUT2D eigenvalue weighted by atomic mass is 9.89. The molecule has 1 N–H and O–H groups in total. The first-order valence-electron chi connectivity index (χ1n) is 7.49. The SMILES string of the molecule is CCC1C(=O)NC2(CCCC2)C(=O)N1c1cccc(F)c1. The molecule has 1 aromatic carbocycles. The van der Waals surface area contributed by atoms with Gasteiger partial charge in [-0.25, -0.2) is 4.39 Å². The van der Waals surface area contributed by atoms with Crippen LogP contribution in [0.1, 0.15) is 39.0 Å². The van der Waals surface area contributed by atoms with Gasteiger partial charge in [0.15, 0.2) is 0 Å². The summed E-state index contributed by atoms with van der Waals surface area (Å²) in [5.74, 6) is -0.637. The molecule has 0 aromatic heterocycles. The number of amides is 2. The number of nitrogens with zero attached hydrogens (tertiary/aromatic N) is 1. The van der Waals surface area contributed by atoms with Crippen LogP contribution in [-0.4, -0.2) is 23.4 Å². The fourth-order valence-electron chi connectivity index (χ4n) is 3.47. The van der Waals surface area contributed by atoms with Gasteiger partial charge in [-0.2, -0.15) is 0 Å². The minimum atomic E-state index is -0.783. The van der Waals surface area contributed by atoms with Crippen LogP contribution in [0.2, 0.25) is 0 Å². The maximum Gasteiger partial charge on any atom is 0.253 e. The summed E-state index contributed by atoms with van der Waals surface area (Å²) in [7, 11) is 0. The Kier molecular flexibility index (Phi) is 3.43. The summed E-state index contributed by atoms with van der Waals surface area (Å²) in [6, 6.07) is 5.35. The quantitative estimate of drug-likeness (QED) is 0.909. The smallest absolute Gasteiger partial charge is 0.253 e. The molecule has 2 aliphatic rings. The second-order valence-electron chi connectivity index (χ2n) is 5.86. The van der Waals surface area contributed by atoms with E-state index in [9.17, 15) is 14.0 Å². The van der Waals surface area contributed by atoms with E-state index in [0.29, 0.717) is 24.9 Å². The number of halogens is 1. The monoisotopic (exact) mass is 290 g/mol. The maximum atomic E-state index is 13.5. The summed E-state index contributed by atoms with van der Waals surface area (Å²) < 4.78 is 13.5. The number of carbonyl (C=O) groups excluding carboxylic acids is 2. The van der Waals surface area contributed by atoms with E-state index in [0.717, 1.165) is 12.8 Å². The third-order valence-corrected chi connectivity index (χ3v) is 4.54. The van der Waals surface area contributed by atoms with Crippen LogP contribution in [-0.2, 0) is 9.59 Å². The zero-order valence-electron chi connectivity index (χ0n) is 12.1. The van der Waals surface area contributed by atoms with Gasteiger partial charge < -0.3 is 5.32 Å². The second kappa shape index (κ2) is 5.13. The number of rotatable bonds is 2. The van der Waals surface area contributed by atoms with E-state index in [1.807, 2.05) is 6.92 Å². The van der Waals surface area contributed by atoms with Crippen LogP contribution >= 0.6 is 0 Å². The summed E-state index contributed by atoms with van der Waals surface area (Å²) in [6.07, 6.45) is 3.70. The minimum absolute atomic E-state index is 0.1000. The summed E-state index contributed by atoms with van der Waals surface area (Å²) in [6.45, 7) is 1.86. The van der Waals surface area contributed by atoms with Crippen molar-refractivity contribution in [2.24, 2.45) is 0 Å². The highest BCUT2D eigenvalue weighted by Crippen LogP contribution is 2.37. The topological polar surface area (TPSA) is 49.4 Å². The van der Waals surface area contributed by atoms with Crippen molar-refractivity contribution in [1.29, 1.82) is 0 Å². The molecule has 2 fully saturated rings. The van der Waals surface area contributed by atoms with Crippen LogP contribution in [0.3, 0.4) is 0 Å². The van der Waals surface area contributed by atoms with Gasteiger partial charge >= 0.3 is 0 Å². The first-order chi connectivity index (χ1) is 10.1. The van der Waals surface area contributed by atoms with E-state index in [2.05, 4.69) is 5.32 Å². The zero-order valence-corrected chi connectivity index (χ0v) is 12.1. The Morgan fingerprint density at radius 3 is 2.67 bits per heavy atom. The predicted octanol–water partition coefficient (Wildman–Crippen LogP) is 2.38. The van der Waals surface area contributed by atoms with E-state index in [-0.39, 0.29) is 11.8 Å². The van der Waals surface area contributed by atoms with Crippen molar-refractivity contribution >= 4 is 17.5 Å². The number of carbonyl (C=O) groups is 2. The molecule has 3 rings (SSSR count). The van der Waals surface area contributed by atoms with Crippen molar-refractivity contribution in [3.63, 3.8) is 0 Å². The fraction of sp³-hybridized carbons (Fsp3) is 0.500. The summed E-state index contributed by atoms with van der Waals surface area (Å²) in [4.78, 5) is 26.9. The van der Waals surface area contributed by atoms with E-state index < -0.39 is 17.4 Å². The first kappa shape index (κ1) is 14.0. The Morgan fingerprint density at radius 2 is 2.05 bits per heavy atom. The van der Waals surface area contributed by atoms with E-state index in [1.165, 1.54) is 17.0 Å². The molecule has 1 atom stereocenters. The predicted molar refractivity (Wildman–Crippen MR) is 77.3 cm³/mol. The molecule has 1 spiro atoms. The van der Waals surface area contributed by atoms with Crippen LogP contribution in [0.15, 0.2) is 24.3 Å². The molecule has 21 heavy (non-hydrogen) atoms. The Morgan fingerprint density at radius 1 is 1.33 bits per heavy atom. The van der Waals surface area contributed by atoms with Crippen molar-refractivity contribution < 1.29 is 14.0 Å². The average molecular weight is 290 g/mol. The number of benzene rings is 1. The van der Waals surface area contributed by atoms with Crippen molar-refractivity contribution in [3.8, 4) is 0 Å². The van der Waals surface area contributed by atoms with Crippen molar-refractivity contribution in [3.05, 3.63) is 30.1 Å². The van der Waals surface area contributed by atoms with Crippen LogP contribution in [0, 0.1) is 5.82 Å². The highest BCUT2D eigenvalue weighted by molar-refractivity contribution is 6.11. The van der Waals surface area contributed by atoms with E-state index in [4.69, 9.17) is 0 Å². The molecule has 1 aromatic rings. The third kappa shape index (κ3) is 2.20. The molecule has 1 saturated heterocycles. The highest BCUT2D eigenvalue weighted by Gasteiger charge is 2.52. The fourth-order valence-corrected chi connectivity index (χ4v) is 3.47. The van der Waals surface area contributed by atoms with Crippen LogP contribution in [0.4, 0.5) is 10.1 Å². The number of hydrogen-bond donors (Lipinski definition) is 1. The molecular formula is C16H19FN2O2. The summed E-state index contributed by atoms with van der Waals surface area (Å²) >= 11 is 0. The highest BCUT2D eigenvalue weighted by atomic mass is 19.1. The van der Waals surface area contributed by atoms with Gasteiger partial charge in [0.25, 0.3) is 5.91 Å². The molecular weight excluding hydrogens is 271 g/mol. The standard InChI is InChI=1S/C16H19FN2O2/c1-2-13-14(20)18-16(8-3-4-9-16)15(21)19(13)12-7-5-6-11(17)10-12/h5-7,10,13H,2-4,8-9H2,1H3,(H,18,20). The third-order valence-electron chi connectivity index (χ3n) is 4.54. The largest absolute Gasteiger partial charge is 0.340 e. The normalized spacial score (nSPS) is 24.5. The molecule has 1 aliphatic heterocycles. The molecule has 0 radical (unpaired) electrons. The Labute approximate surface area is 123 Å². The van der Waals surface area contributed by atoms with Crippen molar-refractivity contribution in [2.45, 2.75) is 50.6 Å². The summed E-state index contributed by atoms with van der Waals surface area (Å²) in [5, 5.41) is 2.93. The van der Waals surface area contributed by atoms with Crippen LogP contribution in [0.25, 0.3) is 0 Å². The molecule has 1 aliphatic carbocycles. The number of nitrogens with one attached hydrogen (secondary N) is 1. The molecule has 2 amide bonds. The van der Waals surface area contributed by atoms with Crippen LogP contribution in [0.5, 0.6) is 0 Å². The van der Waals surface area contributed by atoms with Gasteiger partial charge in [-0.05, 0) is 37.5 Å². The lowest BCUT2D eigenvalue weighted by Crippen LogP contribution is -2.69. The molecule has 0 bridgehead atoms. The molecule has 1 saturated carbocycles. The zero-order chi connectivity index (χ0) is 15.0. The Bertz CT molecular complexity index is 581. The molecule has 112 valence electrons. The van der Waals surface area contributed by atoms with Gasteiger partial charge in [-0.15, -0.1) is 0 Å². The van der Waals surface area contributed by atoms with E-state index in [1.54, 1.807) is 12.1 Å². The second-order valence-corrected chi connectivity index (χ2v) is 5.86. The van der Waals surface area contributed by atoms with Gasteiger partial charge in [0.1, 0.15) is 17.4 Å². The maximum absolute atomic E-state index is 13.5. The molecule has 1 heterocycles. The van der Waals surface area contributed by atoms with Gasteiger partial charge in [-0.3, -0.25) is 14.5 Å². The Hall–Kier alpha value is -1.91. The lowest BCUT2D eigenvalue weighted by molar-refractivity contribution is -0.138. The van der Waals surface area contributed by atoms with Gasteiger partial charge in [0.2, 0.25) is 5.91 Å². The van der Waals surface area contributed by atoms with Gasteiger partial charge in [0, 0.05) is 5.69 Å². The van der Waals surface area contributed by atoms with E-state index >= 15 is 0 Å². The first-order valence-corrected chi connectivity index (χ1v) is 7.49. The number of anilines is 1. The summed E-state index contributed by atoms with van der Waals surface area (Å²) in [5.41, 5.74) is -0.317. The number of piperazine rings is 1. The lowest BCUT2D eigenvalue weighted by Gasteiger charge is -2.44. The van der Waals surface area contributed by atoms with Crippen molar-refractivity contribution in [1.82, 2.24) is 5.32 Å². The van der Waals surface area contributed by atoms with Gasteiger partial charge in [-0.1, -0.05) is 25.8 Å². The van der Waals surface area contributed by atoms with Crippen molar-refractivity contribution in [2.75, 3.05) is 4.90 Å². The average Bonchev–Trinajstić information content (AvgIpc) is 2.92. The minimum Gasteiger partial charge on any atom is -0.340 e. The molecule has 5 heteroatoms. The van der Waals surface area contributed by atoms with Crippen LogP contribution < -0.4 is 10.2 Å². The van der Waals surface area contributed by atoms with Gasteiger partial charge in [0.05, 0.1) is 0 Å². The molecule has 1 unspecified atom stereocenters.